The van der Waals surface area contributed by atoms with Gasteiger partial charge in [0.05, 0.1) is 25.4 Å². The lowest BCUT2D eigenvalue weighted by atomic mass is 10.0. The van der Waals surface area contributed by atoms with E-state index in [2.05, 4.69) is 15.0 Å². The minimum Gasteiger partial charge on any atom is -0.453 e. The molecule has 1 rings (SSSR count). The number of hydrogen-bond donors (Lipinski definition) is 2. The molecule has 0 saturated carbocycles. The zero-order chi connectivity index (χ0) is 16.7. The molecule has 7 heteroatoms. The maximum atomic E-state index is 11.5. The first kappa shape index (κ1) is 18.7. The van der Waals surface area contributed by atoms with E-state index in [1.165, 1.54) is 7.11 Å². The van der Waals surface area contributed by atoms with Crippen molar-refractivity contribution in [2.45, 2.75) is 45.4 Å². The Bertz CT molecular complexity index is 496. The van der Waals surface area contributed by atoms with Gasteiger partial charge in [0.15, 0.2) is 0 Å². The number of rotatable bonds is 7. The van der Waals surface area contributed by atoms with Gasteiger partial charge in [0.2, 0.25) is 0 Å². The van der Waals surface area contributed by atoms with Gasteiger partial charge < -0.3 is 19.9 Å². The summed E-state index contributed by atoms with van der Waals surface area (Å²) in [6, 6.07) is 1.49. The number of carbonyl (C=O) groups excluding carboxylic acids is 1. The smallest absolute Gasteiger partial charge is 0.407 e. The molecule has 124 valence electrons. The number of nitrogens with zero attached hydrogens (tertiary/aromatic N) is 1. The Balaban J connectivity index is 2.80. The minimum absolute atomic E-state index is 0.277. The number of nitrogens with one attached hydrogen (secondary N) is 1. The molecule has 0 saturated heterocycles. The highest BCUT2D eigenvalue weighted by molar-refractivity contribution is 6.30. The molecule has 0 aliphatic carbocycles. The van der Waals surface area contributed by atoms with E-state index in [1.807, 2.05) is 6.92 Å². The predicted octanol–water partition coefficient (Wildman–Crippen LogP) is 2.62. The van der Waals surface area contributed by atoms with E-state index in [-0.39, 0.29) is 12.1 Å². The van der Waals surface area contributed by atoms with Crippen molar-refractivity contribution >= 4 is 17.7 Å². The molecule has 0 spiro atoms. The molecule has 0 aliphatic heterocycles. The highest BCUT2D eigenvalue weighted by Gasteiger charge is 2.19. The summed E-state index contributed by atoms with van der Waals surface area (Å²) in [5, 5.41) is 12.6. The molecule has 6 nitrogen and oxygen atoms in total. The standard InChI is InChI=1S/C15H23ClN2O4/c1-9-12(5-7-17-14(9)16)13(18-15(20)21-4)6-8-22-11(3)10(2)19/h5,7,10-11,13,19H,6,8H2,1-4H3,(H,18,20)/t10-,11?,13?/m1/s1. The van der Waals surface area contributed by atoms with Crippen LogP contribution in [0.5, 0.6) is 0 Å². The Kier molecular flexibility index (Phi) is 7.58. The molecule has 1 aromatic heterocycles. The summed E-state index contributed by atoms with van der Waals surface area (Å²) in [4.78, 5) is 15.5. The molecule has 3 atom stereocenters. The van der Waals surface area contributed by atoms with Crippen LogP contribution in [0.1, 0.15) is 37.4 Å². The molecule has 0 aliphatic rings. The van der Waals surface area contributed by atoms with Crippen LogP contribution in [0, 0.1) is 6.92 Å². The van der Waals surface area contributed by atoms with Gasteiger partial charge in [-0.25, -0.2) is 9.78 Å². The molecular weight excluding hydrogens is 308 g/mol. The van der Waals surface area contributed by atoms with E-state index < -0.39 is 12.2 Å². The molecule has 1 heterocycles. The Morgan fingerprint density at radius 3 is 2.77 bits per heavy atom. The highest BCUT2D eigenvalue weighted by atomic mass is 35.5. The van der Waals surface area contributed by atoms with E-state index in [0.29, 0.717) is 18.2 Å². The topological polar surface area (TPSA) is 80.7 Å². The van der Waals surface area contributed by atoms with Crippen molar-refractivity contribution in [2.75, 3.05) is 13.7 Å². The number of pyridine rings is 1. The van der Waals surface area contributed by atoms with E-state index in [4.69, 9.17) is 16.3 Å². The third kappa shape index (κ3) is 5.44. The van der Waals surface area contributed by atoms with Crippen LogP contribution in [0.3, 0.4) is 0 Å². The summed E-state index contributed by atoms with van der Waals surface area (Å²) in [5.41, 5.74) is 1.66. The fourth-order valence-corrected chi connectivity index (χ4v) is 2.08. The van der Waals surface area contributed by atoms with E-state index in [9.17, 15) is 9.90 Å². The van der Waals surface area contributed by atoms with Gasteiger partial charge >= 0.3 is 6.09 Å². The van der Waals surface area contributed by atoms with Gasteiger partial charge in [-0.15, -0.1) is 0 Å². The normalized spacial score (nSPS) is 15.0. The quantitative estimate of drug-likeness (QED) is 0.751. The zero-order valence-corrected chi connectivity index (χ0v) is 14.1. The summed E-state index contributed by atoms with van der Waals surface area (Å²) in [5.74, 6) is 0. The summed E-state index contributed by atoms with van der Waals surface area (Å²) < 4.78 is 10.2. The number of ether oxygens (including phenoxy) is 2. The molecule has 0 fully saturated rings. The van der Waals surface area contributed by atoms with Crippen LogP contribution in [0.2, 0.25) is 5.15 Å². The van der Waals surface area contributed by atoms with Gasteiger partial charge in [0.1, 0.15) is 5.15 Å². The Morgan fingerprint density at radius 2 is 2.18 bits per heavy atom. The number of hydrogen-bond acceptors (Lipinski definition) is 5. The molecular formula is C15H23ClN2O4. The van der Waals surface area contributed by atoms with Crippen molar-refractivity contribution < 1.29 is 19.4 Å². The third-order valence-electron chi connectivity index (χ3n) is 3.50. The third-order valence-corrected chi connectivity index (χ3v) is 3.88. The van der Waals surface area contributed by atoms with Gasteiger partial charge in [-0.05, 0) is 44.4 Å². The first-order valence-electron chi connectivity index (χ1n) is 7.12. The fourth-order valence-electron chi connectivity index (χ4n) is 1.92. The summed E-state index contributed by atoms with van der Waals surface area (Å²) >= 11 is 6.04. The molecule has 0 radical (unpaired) electrons. The molecule has 2 unspecified atom stereocenters. The monoisotopic (exact) mass is 330 g/mol. The van der Waals surface area contributed by atoms with Crippen molar-refractivity contribution in [3.8, 4) is 0 Å². The highest BCUT2D eigenvalue weighted by Crippen LogP contribution is 2.25. The van der Waals surface area contributed by atoms with Crippen molar-refractivity contribution in [1.29, 1.82) is 0 Å². The fraction of sp³-hybridized carbons (Fsp3) is 0.600. The van der Waals surface area contributed by atoms with Gasteiger partial charge in [-0.1, -0.05) is 11.6 Å². The van der Waals surface area contributed by atoms with Crippen LogP contribution >= 0.6 is 11.6 Å². The lowest BCUT2D eigenvalue weighted by molar-refractivity contribution is -0.0210. The zero-order valence-electron chi connectivity index (χ0n) is 13.3. The molecule has 2 N–H and O–H groups in total. The van der Waals surface area contributed by atoms with E-state index >= 15 is 0 Å². The second-order valence-electron chi connectivity index (χ2n) is 5.11. The van der Waals surface area contributed by atoms with Gasteiger partial charge in [0.25, 0.3) is 0 Å². The first-order chi connectivity index (χ1) is 10.4. The summed E-state index contributed by atoms with van der Waals surface area (Å²) in [6.45, 7) is 5.68. The van der Waals surface area contributed by atoms with Gasteiger partial charge in [-0.3, -0.25) is 0 Å². The maximum Gasteiger partial charge on any atom is 0.407 e. The van der Waals surface area contributed by atoms with Crippen LogP contribution in [0.15, 0.2) is 12.3 Å². The number of methoxy groups -OCH3 is 1. The molecule has 22 heavy (non-hydrogen) atoms. The second kappa shape index (κ2) is 8.92. The number of aliphatic hydroxyl groups is 1. The molecule has 1 amide bonds. The molecule has 1 aromatic rings. The summed E-state index contributed by atoms with van der Waals surface area (Å²) in [7, 11) is 1.31. The SMILES string of the molecule is COC(=O)NC(CCOC(C)[C@@H](C)O)c1ccnc(Cl)c1C. The minimum atomic E-state index is -0.552. The summed E-state index contributed by atoms with van der Waals surface area (Å²) in [6.07, 6.45) is 0.759. The number of aliphatic hydroxyl groups excluding tert-OH is 1. The van der Waals surface area contributed by atoms with Crippen LogP contribution in [-0.2, 0) is 9.47 Å². The molecule has 0 bridgehead atoms. The number of carbonyl (C=O) groups is 1. The lowest BCUT2D eigenvalue weighted by Crippen LogP contribution is -2.31. The molecule has 0 aromatic carbocycles. The largest absolute Gasteiger partial charge is 0.453 e. The van der Waals surface area contributed by atoms with Gasteiger partial charge in [0, 0.05) is 12.8 Å². The number of halogens is 1. The van der Waals surface area contributed by atoms with Crippen LogP contribution in [0.4, 0.5) is 4.79 Å². The van der Waals surface area contributed by atoms with Crippen molar-refractivity contribution in [3.05, 3.63) is 28.5 Å². The van der Waals surface area contributed by atoms with Crippen LogP contribution in [0.25, 0.3) is 0 Å². The maximum absolute atomic E-state index is 11.5. The van der Waals surface area contributed by atoms with E-state index in [1.54, 1.807) is 26.1 Å². The number of alkyl carbamates (subject to hydrolysis) is 1. The Labute approximate surface area is 135 Å². The van der Waals surface area contributed by atoms with Crippen LogP contribution < -0.4 is 5.32 Å². The van der Waals surface area contributed by atoms with Crippen LogP contribution in [-0.4, -0.2) is 42.1 Å². The van der Waals surface area contributed by atoms with Crippen molar-refractivity contribution in [1.82, 2.24) is 10.3 Å². The average molecular weight is 331 g/mol. The number of aromatic nitrogens is 1. The van der Waals surface area contributed by atoms with Crippen molar-refractivity contribution in [3.63, 3.8) is 0 Å². The number of amides is 1. The first-order valence-corrected chi connectivity index (χ1v) is 7.49. The predicted molar refractivity (Wildman–Crippen MR) is 84.0 cm³/mol. The Hall–Kier alpha value is -1.37. The second-order valence-corrected chi connectivity index (χ2v) is 5.47. The van der Waals surface area contributed by atoms with E-state index in [0.717, 1.165) is 11.1 Å². The van der Waals surface area contributed by atoms with Crippen molar-refractivity contribution in [2.24, 2.45) is 0 Å². The van der Waals surface area contributed by atoms with Gasteiger partial charge in [-0.2, -0.15) is 0 Å². The average Bonchev–Trinajstić information content (AvgIpc) is 2.48. The lowest BCUT2D eigenvalue weighted by Gasteiger charge is -2.22. The Morgan fingerprint density at radius 1 is 1.50 bits per heavy atom.